The fraction of sp³-hybridized carbons (Fsp3) is 0.235. The van der Waals surface area contributed by atoms with Crippen molar-refractivity contribution >= 4 is 45.4 Å². The number of rotatable bonds is 6. The molecule has 0 bridgehead atoms. The van der Waals surface area contributed by atoms with Crippen molar-refractivity contribution < 1.29 is 9.53 Å². The van der Waals surface area contributed by atoms with Crippen molar-refractivity contribution in [2.45, 2.75) is 51.7 Å². The first-order valence-electron chi connectivity index (χ1n) is 13.7. The van der Waals surface area contributed by atoms with Gasteiger partial charge in [0.2, 0.25) is 0 Å². The van der Waals surface area contributed by atoms with Gasteiger partial charge in [-0.05, 0) is 72.1 Å². The minimum atomic E-state index is 0.0432. The number of benzene rings is 4. The van der Waals surface area contributed by atoms with Crippen molar-refractivity contribution in [3.8, 4) is 5.75 Å². The lowest BCUT2D eigenvalue weighted by atomic mass is 9.94. The van der Waals surface area contributed by atoms with E-state index in [1.165, 1.54) is 34.5 Å². The van der Waals surface area contributed by atoms with Gasteiger partial charge in [0.1, 0.15) is 12.4 Å². The number of amidine groups is 1. The molecule has 1 amide bonds. The number of hydrogen-bond acceptors (Lipinski definition) is 4. The average Bonchev–Trinajstić information content (AvgIpc) is 3.28. The summed E-state index contributed by atoms with van der Waals surface area (Å²) in [7, 11) is 0. The molecular formula is C34H32N2O2S. The molecule has 0 N–H and O–H groups in total. The molecule has 6 rings (SSSR count). The number of para-hydroxylation sites is 1. The van der Waals surface area contributed by atoms with Crippen LogP contribution in [0.1, 0.15) is 48.8 Å². The second kappa shape index (κ2) is 11.5. The minimum Gasteiger partial charge on any atom is -0.488 e. The summed E-state index contributed by atoms with van der Waals surface area (Å²) in [6, 6.07) is 31.0. The zero-order valence-corrected chi connectivity index (χ0v) is 23.0. The SMILES string of the molecule is Cc1ccc(N=C2S/C(=C/c3ccccc3OCc3cccc4ccccc34)C(=O)N2C2CCCCC2)cc1. The van der Waals surface area contributed by atoms with E-state index in [4.69, 9.17) is 9.73 Å². The first-order valence-corrected chi connectivity index (χ1v) is 14.5. The molecule has 1 aliphatic carbocycles. The number of nitrogens with zero attached hydrogens (tertiary/aromatic N) is 2. The number of ether oxygens (including phenoxy) is 1. The molecule has 1 saturated heterocycles. The monoisotopic (exact) mass is 532 g/mol. The summed E-state index contributed by atoms with van der Waals surface area (Å²) in [6.07, 6.45) is 7.56. The lowest BCUT2D eigenvalue weighted by Crippen LogP contribution is -2.40. The minimum absolute atomic E-state index is 0.0432. The van der Waals surface area contributed by atoms with Crippen LogP contribution in [0.2, 0.25) is 0 Å². The molecule has 4 aromatic rings. The molecule has 0 spiro atoms. The van der Waals surface area contributed by atoms with Gasteiger partial charge in [0.15, 0.2) is 5.17 Å². The highest BCUT2D eigenvalue weighted by atomic mass is 32.2. The van der Waals surface area contributed by atoms with Gasteiger partial charge in [0.05, 0.1) is 10.6 Å². The average molecular weight is 533 g/mol. The van der Waals surface area contributed by atoms with Crippen molar-refractivity contribution in [3.63, 3.8) is 0 Å². The van der Waals surface area contributed by atoms with E-state index in [1.54, 1.807) is 0 Å². The zero-order valence-electron chi connectivity index (χ0n) is 22.2. The lowest BCUT2D eigenvalue weighted by Gasteiger charge is -2.30. The molecule has 196 valence electrons. The maximum Gasteiger partial charge on any atom is 0.267 e. The Morgan fingerprint density at radius 3 is 2.49 bits per heavy atom. The Bertz CT molecular complexity index is 1550. The van der Waals surface area contributed by atoms with E-state index in [0.29, 0.717) is 11.5 Å². The van der Waals surface area contributed by atoms with Crippen LogP contribution in [0.15, 0.2) is 101 Å². The molecule has 39 heavy (non-hydrogen) atoms. The summed E-state index contributed by atoms with van der Waals surface area (Å²) in [5.74, 6) is 0.807. The summed E-state index contributed by atoms with van der Waals surface area (Å²) in [5.41, 5.74) is 4.10. The summed E-state index contributed by atoms with van der Waals surface area (Å²) in [5, 5.41) is 3.17. The van der Waals surface area contributed by atoms with Crippen LogP contribution in [0.4, 0.5) is 5.69 Å². The number of amides is 1. The maximum atomic E-state index is 13.8. The van der Waals surface area contributed by atoms with Gasteiger partial charge < -0.3 is 4.74 Å². The van der Waals surface area contributed by atoms with Gasteiger partial charge in [-0.3, -0.25) is 9.69 Å². The molecule has 0 atom stereocenters. The molecule has 0 aromatic heterocycles. The summed E-state index contributed by atoms with van der Waals surface area (Å²) >= 11 is 1.47. The molecule has 0 unspecified atom stereocenters. The highest BCUT2D eigenvalue weighted by molar-refractivity contribution is 8.18. The third kappa shape index (κ3) is 5.64. The third-order valence-corrected chi connectivity index (χ3v) is 8.49. The van der Waals surface area contributed by atoms with Crippen LogP contribution in [-0.2, 0) is 11.4 Å². The summed E-state index contributed by atoms with van der Waals surface area (Å²) in [4.78, 5) is 21.4. The number of hydrogen-bond donors (Lipinski definition) is 0. The Morgan fingerprint density at radius 1 is 0.897 bits per heavy atom. The van der Waals surface area contributed by atoms with E-state index in [2.05, 4.69) is 61.5 Å². The number of carbonyl (C=O) groups is 1. The fourth-order valence-electron chi connectivity index (χ4n) is 5.40. The smallest absolute Gasteiger partial charge is 0.267 e. The second-order valence-electron chi connectivity index (χ2n) is 10.3. The Kier molecular flexibility index (Phi) is 7.51. The highest BCUT2D eigenvalue weighted by Gasteiger charge is 2.38. The number of aliphatic imine (C=N–C) groups is 1. The molecule has 2 fully saturated rings. The Hall–Kier alpha value is -3.83. The second-order valence-corrected chi connectivity index (χ2v) is 11.3. The third-order valence-electron chi connectivity index (χ3n) is 7.50. The number of aryl methyl sites for hydroxylation is 1. The maximum absolute atomic E-state index is 13.8. The van der Waals surface area contributed by atoms with E-state index < -0.39 is 0 Å². The van der Waals surface area contributed by atoms with Gasteiger partial charge in [-0.2, -0.15) is 0 Å². The van der Waals surface area contributed by atoms with Crippen LogP contribution in [0.5, 0.6) is 5.75 Å². The largest absolute Gasteiger partial charge is 0.488 e. The molecule has 1 aliphatic heterocycles. The number of thioether (sulfide) groups is 1. The van der Waals surface area contributed by atoms with Gasteiger partial charge in [0.25, 0.3) is 5.91 Å². The summed E-state index contributed by atoms with van der Waals surface area (Å²) < 4.78 is 6.34. The van der Waals surface area contributed by atoms with E-state index in [1.807, 2.05) is 47.4 Å². The van der Waals surface area contributed by atoms with E-state index in [0.717, 1.165) is 53.4 Å². The standard InChI is InChI=1S/C34H32N2O2S/c1-24-18-20-28(21-19-24)35-34-36(29-14-3-2-4-15-29)33(37)32(39-34)22-26-11-6-8-17-31(26)38-23-27-13-9-12-25-10-5-7-16-30(25)27/h5-13,16-22,29H,2-4,14-15,23H2,1H3/b32-22+,35-34?. The topological polar surface area (TPSA) is 41.9 Å². The van der Waals surface area contributed by atoms with Crippen molar-refractivity contribution in [2.75, 3.05) is 0 Å². The van der Waals surface area contributed by atoms with Crippen molar-refractivity contribution in [1.29, 1.82) is 0 Å². The lowest BCUT2D eigenvalue weighted by molar-refractivity contribution is -0.124. The Balaban J connectivity index is 1.29. The van der Waals surface area contributed by atoms with Crippen LogP contribution in [0.25, 0.3) is 16.8 Å². The van der Waals surface area contributed by atoms with Gasteiger partial charge in [-0.1, -0.05) is 97.6 Å². The predicted octanol–water partition coefficient (Wildman–Crippen LogP) is 8.66. The zero-order chi connectivity index (χ0) is 26.6. The molecular weight excluding hydrogens is 500 g/mol. The van der Waals surface area contributed by atoms with Crippen LogP contribution in [0, 0.1) is 6.92 Å². The van der Waals surface area contributed by atoms with Crippen LogP contribution in [0.3, 0.4) is 0 Å². The molecule has 2 aliphatic rings. The van der Waals surface area contributed by atoms with Gasteiger partial charge >= 0.3 is 0 Å². The van der Waals surface area contributed by atoms with Crippen molar-refractivity contribution in [1.82, 2.24) is 4.90 Å². The summed E-state index contributed by atoms with van der Waals surface area (Å²) in [6.45, 7) is 2.52. The van der Waals surface area contributed by atoms with Crippen molar-refractivity contribution in [2.24, 2.45) is 4.99 Å². The molecule has 1 saturated carbocycles. The fourth-order valence-corrected chi connectivity index (χ4v) is 6.45. The van der Waals surface area contributed by atoms with Crippen LogP contribution < -0.4 is 4.74 Å². The van der Waals surface area contributed by atoms with E-state index in [9.17, 15) is 4.79 Å². The van der Waals surface area contributed by atoms with Gasteiger partial charge in [-0.25, -0.2) is 4.99 Å². The molecule has 4 aromatic carbocycles. The first kappa shape index (κ1) is 25.4. The first-order chi connectivity index (χ1) is 19.2. The van der Waals surface area contributed by atoms with Crippen LogP contribution in [-0.4, -0.2) is 22.0 Å². The normalized spacial score (nSPS) is 18.4. The van der Waals surface area contributed by atoms with Crippen LogP contribution >= 0.6 is 11.8 Å². The Morgan fingerprint density at radius 2 is 1.64 bits per heavy atom. The number of fused-ring (bicyclic) bond motifs is 1. The highest BCUT2D eigenvalue weighted by Crippen LogP contribution is 2.39. The molecule has 1 heterocycles. The van der Waals surface area contributed by atoms with Gasteiger partial charge in [-0.15, -0.1) is 0 Å². The quantitative estimate of drug-likeness (QED) is 0.233. The Labute approximate surface area is 234 Å². The molecule has 4 nitrogen and oxygen atoms in total. The van der Waals surface area contributed by atoms with Crippen molar-refractivity contribution in [3.05, 3.63) is 113 Å². The van der Waals surface area contributed by atoms with E-state index >= 15 is 0 Å². The predicted molar refractivity (Wildman–Crippen MR) is 162 cm³/mol. The molecule has 5 heteroatoms. The van der Waals surface area contributed by atoms with E-state index in [-0.39, 0.29) is 11.9 Å². The number of carbonyl (C=O) groups excluding carboxylic acids is 1. The molecule has 0 radical (unpaired) electrons. The van der Waals surface area contributed by atoms with Gasteiger partial charge in [0, 0.05) is 11.6 Å².